The number of aromatic hydroxyl groups is 1. The Morgan fingerprint density at radius 2 is 1.92 bits per heavy atom. The molecular formula is C19H13N3O2. The molecule has 24 heavy (non-hydrogen) atoms. The molecule has 0 bridgehead atoms. The number of nitrogens with two attached hydrogens (primary N) is 1. The summed E-state index contributed by atoms with van der Waals surface area (Å²) in [5.74, 6) is 0.469. The average molecular weight is 315 g/mol. The quantitative estimate of drug-likeness (QED) is 0.719. The summed E-state index contributed by atoms with van der Waals surface area (Å²) in [6.45, 7) is 0. The van der Waals surface area contributed by atoms with Crippen LogP contribution >= 0.6 is 0 Å². The number of allylic oxidation sites excluding steroid dienone is 1. The minimum absolute atomic E-state index is 0.0845. The van der Waals surface area contributed by atoms with Crippen molar-refractivity contribution in [1.82, 2.24) is 4.98 Å². The third kappa shape index (κ3) is 2.05. The number of hydrogen-bond donors (Lipinski definition) is 2. The third-order valence-electron chi connectivity index (χ3n) is 4.18. The first-order chi connectivity index (χ1) is 11.7. The number of rotatable bonds is 1. The highest BCUT2D eigenvalue weighted by molar-refractivity contribution is 5.87. The Hall–Kier alpha value is -3.52. The summed E-state index contributed by atoms with van der Waals surface area (Å²) in [5.41, 5.74) is 8.75. The molecule has 2 heterocycles. The van der Waals surface area contributed by atoms with Crippen LogP contribution in [0.4, 0.5) is 0 Å². The van der Waals surface area contributed by atoms with Gasteiger partial charge in [-0.1, -0.05) is 30.3 Å². The number of pyridine rings is 1. The van der Waals surface area contributed by atoms with Crippen molar-refractivity contribution in [2.45, 2.75) is 5.92 Å². The maximum Gasteiger partial charge on any atom is 0.205 e. The maximum absolute atomic E-state index is 9.55. The molecule has 2 aromatic carbocycles. The van der Waals surface area contributed by atoms with E-state index in [-0.39, 0.29) is 17.6 Å². The number of aromatic nitrogens is 1. The van der Waals surface area contributed by atoms with E-state index in [9.17, 15) is 10.4 Å². The van der Waals surface area contributed by atoms with Crippen LogP contribution in [0.2, 0.25) is 0 Å². The molecule has 0 amide bonds. The molecule has 3 N–H and O–H groups in total. The molecule has 0 spiro atoms. The van der Waals surface area contributed by atoms with Crippen LogP contribution in [-0.2, 0) is 0 Å². The van der Waals surface area contributed by atoms with Gasteiger partial charge in [-0.2, -0.15) is 5.26 Å². The van der Waals surface area contributed by atoms with E-state index in [2.05, 4.69) is 11.1 Å². The molecule has 5 nitrogen and oxygen atoms in total. The Morgan fingerprint density at radius 1 is 1.12 bits per heavy atom. The fraction of sp³-hybridized carbons (Fsp3) is 0.0526. The lowest BCUT2D eigenvalue weighted by Gasteiger charge is -2.27. The zero-order valence-corrected chi connectivity index (χ0v) is 12.6. The van der Waals surface area contributed by atoms with Crippen LogP contribution in [0.15, 0.2) is 66.2 Å². The van der Waals surface area contributed by atoms with Crippen LogP contribution in [0.3, 0.4) is 0 Å². The summed E-state index contributed by atoms with van der Waals surface area (Å²) < 4.78 is 5.75. The van der Waals surface area contributed by atoms with Crippen LogP contribution in [0.1, 0.15) is 17.0 Å². The van der Waals surface area contributed by atoms with E-state index in [1.807, 2.05) is 24.3 Å². The highest BCUT2D eigenvalue weighted by Crippen LogP contribution is 2.44. The predicted octanol–water partition coefficient (Wildman–Crippen LogP) is 3.16. The first-order valence-electron chi connectivity index (χ1n) is 7.43. The van der Waals surface area contributed by atoms with Gasteiger partial charge in [0.2, 0.25) is 5.88 Å². The van der Waals surface area contributed by atoms with Gasteiger partial charge in [-0.05, 0) is 23.8 Å². The lowest BCUT2D eigenvalue weighted by molar-refractivity contribution is 0.397. The molecule has 0 aliphatic carbocycles. The number of hydrogen-bond acceptors (Lipinski definition) is 5. The largest absolute Gasteiger partial charge is 0.508 e. The first-order valence-corrected chi connectivity index (χ1v) is 7.43. The fourth-order valence-corrected chi connectivity index (χ4v) is 3.06. The van der Waals surface area contributed by atoms with Crippen molar-refractivity contribution >= 4 is 10.9 Å². The molecule has 0 unspecified atom stereocenters. The van der Waals surface area contributed by atoms with Crippen LogP contribution in [-0.4, -0.2) is 10.1 Å². The summed E-state index contributed by atoms with van der Waals surface area (Å²) in [6.07, 6.45) is 1.70. The SMILES string of the molecule is N#CC1=C(N)Oc2c(ccc3cccnc23)[C@@H]1c1ccc(O)cc1. The van der Waals surface area contributed by atoms with Crippen molar-refractivity contribution in [2.75, 3.05) is 0 Å². The fourth-order valence-electron chi connectivity index (χ4n) is 3.06. The molecule has 1 aromatic heterocycles. The van der Waals surface area contributed by atoms with E-state index in [1.165, 1.54) is 0 Å². The van der Waals surface area contributed by atoms with Crippen LogP contribution < -0.4 is 10.5 Å². The van der Waals surface area contributed by atoms with Crippen LogP contribution in [0.5, 0.6) is 11.5 Å². The van der Waals surface area contributed by atoms with E-state index in [0.29, 0.717) is 16.8 Å². The minimum atomic E-state index is -0.356. The summed E-state index contributed by atoms with van der Waals surface area (Å²) in [7, 11) is 0. The Bertz CT molecular complexity index is 1020. The molecule has 5 heteroatoms. The number of phenols is 1. The number of nitrogens with zero attached hydrogens (tertiary/aromatic N) is 2. The van der Waals surface area contributed by atoms with Gasteiger partial charge in [-0.25, -0.2) is 0 Å². The normalized spacial score (nSPS) is 16.4. The van der Waals surface area contributed by atoms with E-state index >= 15 is 0 Å². The second-order valence-electron chi connectivity index (χ2n) is 5.58. The smallest absolute Gasteiger partial charge is 0.205 e. The molecule has 0 saturated carbocycles. The number of fused-ring (bicyclic) bond motifs is 3. The van der Waals surface area contributed by atoms with Gasteiger partial charge in [-0.3, -0.25) is 4.98 Å². The Morgan fingerprint density at radius 3 is 2.67 bits per heavy atom. The van der Waals surface area contributed by atoms with Crippen molar-refractivity contribution in [2.24, 2.45) is 5.73 Å². The molecule has 0 saturated heterocycles. The van der Waals surface area contributed by atoms with Gasteiger partial charge in [0.05, 0.1) is 5.92 Å². The molecule has 1 atom stereocenters. The van der Waals surface area contributed by atoms with E-state index < -0.39 is 0 Å². The molecule has 0 radical (unpaired) electrons. The van der Waals surface area contributed by atoms with Gasteiger partial charge in [0, 0.05) is 17.1 Å². The van der Waals surface area contributed by atoms with Gasteiger partial charge in [0.15, 0.2) is 5.75 Å². The lowest BCUT2D eigenvalue weighted by atomic mass is 9.83. The van der Waals surface area contributed by atoms with E-state index in [0.717, 1.165) is 16.5 Å². The molecular weight excluding hydrogens is 302 g/mol. The number of nitriles is 1. The second-order valence-corrected chi connectivity index (χ2v) is 5.58. The first kappa shape index (κ1) is 14.1. The standard InChI is InChI=1S/C19H13N3O2/c20-10-15-16(11-3-6-13(23)7-4-11)14-8-5-12-2-1-9-22-17(12)18(14)24-19(15)21/h1-9,16,23H,21H2/t16-/m0/s1. The molecule has 3 aromatic rings. The highest BCUT2D eigenvalue weighted by atomic mass is 16.5. The van der Waals surface area contributed by atoms with Crippen LogP contribution in [0.25, 0.3) is 10.9 Å². The lowest BCUT2D eigenvalue weighted by Crippen LogP contribution is -2.21. The van der Waals surface area contributed by atoms with Crippen molar-refractivity contribution < 1.29 is 9.84 Å². The van der Waals surface area contributed by atoms with E-state index in [1.54, 1.807) is 30.5 Å². The minimum Gasteiger partial charge on any atom is -0.508 e. The maximum atomic E-state index is 9.55. The van der Waals surface area contributed by atoms with E-state index in [4.69, 9.17) is 10.5 Å². The van der Waals surface area contributed by atoms with Gasteiger partial charge >= 0.3 is 0 Å². The Labute approximate surface area is 138 Å². The molecule has 4 rings (SSSR count). The molecule has 1 aliphatic rings. The predicted molar refractivity (Wildman–Crippen MR) is 89.1 cm³/mol. The van der Waals surface area contributed by atoms with Crippen molar-refractivity contribution in [3.05, 3.63) is 77.3 Å². The summed E-state index contributed by atoms with van der Waals surface area (Å²) in [4.78, 5) is 4.40. The number of benzene rings is 2. The second kappa shape index (κ2) is 5.28. The van der Waals surface area contributed by atoms with Gasteiger partial charge in [0.25, 0.3) is 0 Å². The number of ether oxygens (including phenoxy) is 1. The zero-order valence-electron chi connectivity index (χ0n) is 12.6. The summed E-state index contributed by atoms with van der Waals surface area (Å²) in [6, 6.07) is 16.6. The van der Waals surface area contributed by atoms with Crippen molar-refractivity contribution in [3.8, 4) is 17.6 Å². The van der Waals surface area contributed by atoms with Crippen molar-refractivity contribution in [3.63, 3.8) is 0 Å². The highest BCUT2D eigenvalue weighted by Gasteiger charge is 2.31. The Kier molecular flexibility index (Phi) is 3.10. The molecule has 0 fully saturated rings. The van der Waals surface area contributed by atoms with Gasteiger partial charge in [0.1, 0.15) is 22.9 Å². The molecule has 1 aliphatic heterocycles. The average Bonchev–Trinajstić information content (AvgIpc) is 2.61. The van der Waals surface area contributed by atoms with Crippen LogP contribution in [0, 0.1) is 11.3 Å². The topological polar surface area (TPSA) is 92.2 Å². The van der Waals surface area contributed by atoms with Crippen molar-refractivity contribution in [1.29, 1.82) is 5.26 Å². The number of phenolic OH excluding ortho intramolecular Hbond substituents is 1. The summed E-state index contributed by atoms with van der Waals surface area (Å²) >= 11 is 0. The monoisotopic (exact) mass is 315 g/mol. The van der Waals surface area contributed by atoms with Gasteiger partial charge in [-0.15, -0.1) is 0 Å². The third-order valence-corrected chi connectivity index (χ3v) is 4.18. The Balaban J connectivity index is 2.00. The molecule has 116 valence electrons. The van der Waals surface area contributed by atoms with Gasteiger partial charge < -0.3 is 15.6 Å². The zero-order chi connectivity index (χ0) is 16.7. The summed E-state index contributed by atoms with van der Waals surface area (Å²) in [5, 5.41) is 20.0.